The first-order valence-electron chi connectivity index (χ1n) is 11.3. The average molecular weight is 473 g/mol. The average Bonchev–Trinajstić information content (AvgIpc) is 3.38. The highest BCUT2D eigenvalue weighted by atomic mass is 16.6. The summed E-state index contributed by atoms with van der Waals surface area (Å²) in [6.45, 7) is 8.94. The summed E-state index contributed by atoms with van der Waals surface area (Å²) in [4.78, 5) is 44.7. The van der Waals surface area contributed by atoms with Gasteiger partial charge >= 0.3 is 18.0 Å². The number of hydrogen-bond acceptors (Lipinski definition) is 7. The third kappa shape index (κ3) is 5.40. The minimum absolute atomic E-state index is 0.0386. The Bertz CT molecular complexity index is 998. The molecule has 0 saturated carbocycles. The first kappa shape index (κ1) is 25.3. The molecule has 9 heteroatoms. The zero-order valence-electron chi connectivity index (χ0n) is 20.2. The van der Waals surface area contributed by atoms with Crippen molar-refractivity contribution in [3.63, 3.8) is 0 Å². The van der Waals surface area contributed by atoms with Crippen molar-refractivity contribution in [2.75, 3.05) is 0 Å². The number of oxazole rings is 1. The maximum absolute atomic E-state index is 13.7. The van der Waals surface area contributed by atoms with Crippen molar-refractivity contribution in [2.45, 2.75) is 71.2 Å². The molecule has 0 spiro atoms. The molecular formula is C25H32N2O7. The van der Waals surface area contributed by atoms with Crippen LogP contribution in [0, 0.1) is 11.8 Å². The Kier molecular flexibility index (Phi) is 7.33. The van der Waals surface area contributed by atoms with Crippen LogP contribution in [0.5, 0.6) is 0 Å². The molecule has 2 heterocycles. The van der Waals surface area contributed by atoms with Crippen molar-refractivity contribution in [3.05, 3.63) is 54.2 Å². The Labute approximate surface area is 199 Å². The molecule has 1 amide bonds. The van der Waals surface area contributed by atoms with Crippen molar-refractivity contribution in [1.29, 1.82) is 0 Å². The summed E-state index contributed by atoms with van der Waals surface area (Å²) >= 11 is 0. The number of ether oxygens (including phenoxy) is 2. The molecule has 3 atom stereocenters. The maximum Gasteiger partial charge on any atom is 0.411 e. The molecule has 1 N–H and O–H groups in total. The number of aromatic nitrogens is 1. The highest BCUT2D eigenvalue weighted by Crippen LogP contribution is 2.51. The molecular weight excluding hydrogens is 440 g/mol. The summed E-state index contributed by atoms with van der Waals surface area (Å²) in [5.74, 6) is -2.84. The zero-order chi connectivity index (χ0) is 25.1. The van der Waals surface area contributed by atoms with Gasteiger partial charge in [0.05, 0.1) is 12.1 Å². The van der Waals surface area contributed by atoms with E-state index in [9.17, 15) is 19.5 Å². The lowest BCUT2D eigenvalue weighted by Crippen LogP contribution is -2.56. The van der Waals surface area contributed by atoms with Gasteiger partial charge in [-0.05, 0) is 45.1 Å². The van der Waals surface area contributed by atoms with Crippen LogP contribution in [0.4, 0.5) is 4.79 Å². The molecule has 34 heavy (non-hydrogen) atoms. The smallest absolute Gasteiger partial charge is 0.411 e. The van der Waals surface area contributed by atoms with E-state index < -0.39 is 41.1 Å². The number of carboxylic acids is 1. The molecule has 1 saturated heterocycles. The largest absolute Gasteiger partial charge is 0.481 e. The fraction of sp³-hybridized carbons (Fsp3) is 0.520. The van der Waals surface area contributed by atoms with E-state index in [-0.39, 0.29) is 31.1 Å². The number of carboxylic acid groups (broad SMARTS) is 1. The van der Waals surface area contributed by atoms with E-state index in [0.717, 1.165) is 12.0 Å². The highest BCUT2D eigenvalue weighted by Gasteiger charge is 2.63. The topological polar surface area (TPSA) is 119 Å². The molecule has 1 aromatic carbocycles. The number of likely N-dealkylation sites (tertiary alicyclic amines) is 1. The molecule has 1 aliphatic rings. The Morgan fingerprint density at radius 3 is 2.44 bits per heavy atom. The number of nitrogens with zero attached hydrogens (tertiary/aromatic N) is 2. The van der Waals surface area contributed by atoms with Crippen molar-refractivity contribution in [1.82, 2.24) is 9.88 Å². The second-order valence-corrected chi connectivity index (χ2v) is 10.0. The Hall–Kier alpha value is -3.36. The molecule has 1 aromatic heterocycles. The molecule has 2 aromatic rings. The third-order valence-corrected chi connectivity index (χ3v) is 5.66. The van der Waals surface area contributed by atoms with Crippen LogP contribution in [0.1, 0.15) is 64.8 Å². The first-order chi connectivity index (χ1) is 15.9. The van der Waals surface area contributed by atoms with Gasteiger partial charge in [0.15, 0.2) is 6.39 Å². The van der Waals surface area contributed by atoms with Crippen LogP contribution in [-0.2, 0) is 25.7 Å². The molecule has 9 nitrogen and oxygen atoms in total. The van der Waals surface area contributed by atoms with E-state index in [0.29, 0.717) is 0 Å². The summed E-state index contributed by atoms with van der Waals surface area (Å²) in [6, 6.07) is 8.01. The number of amides is 1. The van der Waals surface area contributed by atoms with Gasteiger partial charge < -0.3 is 19.0 Å². The van der Waals surface area contributed by atoms with Gasteiger partial charge in [0, 0.05) is 0 Å². The number of carbonyl (C=O) groups excluding carboxylic acids is 2. The predicted molar refractivity (Wildman–Crippen MR) is 121 cm³/mol. The quantitative estimate of drug-likeness (QED) is 0.581. The predicted octanol–water partition coefficient (Wildman–Crippen LogP) is 4.59. The Balaban J connectivity index is 2.10. The monoisotopic (exact) mass is 472 g/mol. The molecule has 2 unspecified atom stereocenters. The van der Waals surface area contributed by atoms with Crippen molar-refractivity contribution in [3.8, 4) is 0 Å². The number of rotatable bonds is 7. The van der Waals surface area contributed by atoms with Crippen LogP contribution in [0.2, 0.25) is 0 Å². The molecule has 0 radical (unpaired) electrons. The number of carbonyl (C=O) groups is 3. The summed E-state index contributed by atoms with van der Waals surface area (Å²) < 4.78 is 16.8. The van der Waals surface area contributed by atoms with E-state index in [4.69, 9.17) is 13.9 Å². The van der Waals surface area contributed by atoms with Crippen molar-refractivity contribution >= 4 is 18.0 Å². The van der Waals surface area contributed by atoms with Gasteiger partial charge in [-0.2, -0.15) is 0 Å². The lowest BCUT2D eigenvalue weighted by atomic mass is 9.83. The SMILES string of the molecule is CC(C)C[C@@]1(C(=O)OC(C)(C)C)CC(C(=O)O)C(c2cnco2)N1C(=O)OCc1ccccc1. The van der Waals surface area contributed by atoms with Gasteiger partial charge in [0.2, 0.25) is 0 Å². The van der Waals surface area contributed by atoms with Crippen LogP contribution in [-0.4, -0.2) is 44.2 Å². The molecule has 1 fully saturated rings. The standard InChI is InChI=1S/C25H32N2O7/c1-16(2)11-25(22(30)34-24(3,4)5)12-18(21(28)29)20(19-13-26-15-33-19)27(25)23(31)32-14-17-9-7-6-8-10-17/h6-10,13,15-16,18,20H,11-12,14H2,1-5H3,(H,28,29)/t18?,20?,25-/m0/s1. The minimum Gasteiger partial charge on any atom is -0.481 e. The second-order valence-electron chi connectivity index (χ2n) is 10.0. The van der Waals surface area contributed by atoms with E-state index in [1.165, 1.54) is 11.1 Å². The normalized spacial score (nSPS) is 22.6. The molecule has 1 aliphatic heterocycles. The summed E-state index contributed by atoms with van der Waals surface area (Å²) in [7, 11) is 0. The van der Waals surface area contributed by atoms with Gasteiger partial charge in [-0.3, -0.25) is 9.69 Å². The maximum atomic E-state index is 13.7. The van der Waals surface area contributed by atoms with E-state index in [2.05, 4.69) is 4.98 Å². The molecule has 3 rings (SSSR count). The third-order valence-electron chi connectivity index (χ3n) is 5.66. The minimum atomic E-state index is -1.56. The zero-order valence-corrected chi connectivity index (χ0v) is 20.2. The van der Waals surface area contributed by atoms with Crippen LogP contribution in [0.25, 0.3) is 0 Å². The molecule has 0 aliphatic carbocycles. The molecule has 0 bridgehead atoms. The fourth-order valence-electron chi connectivity index (χ4n) is 4.51. The van der Waals surface area contributed by atoms with Crippen molar-refractivity contribution in [2.24, 2.45) is 11.8 Å². The first-order valence-corrected chi connectivity index (χ1v) is 11.3. The fourth-order valence-corrected chi connectivity index (χ4v) is 4.51. The number of hydrogen-bond donors (Lipinski definition) is 1. The van der Waals surface area contributed by atoms with Gasteiger partial charge in [-0.25, -0.2) is 14.6 Å². The van der Waals surface area contributed by atoms with Crippen LogP contribution < -0.4 is 0 Å². The number of esters is 1. The van der Waals surface area contributed by atoms with Crippen molar-refractivity contribution < 1.29 is 33.4 Å². The van der Waals surface area contributed by atoms with E-state index >= 15 is 0 Å². The van der Waals surface area contributed by atoms with E-state index in [1.807, 2.05) is 32.0 Å². The summed E-state index contributed by atoms with van der Waals surface area (Å²) in [5.41, 5.74) is -1.65. The summed E-state index contributed by atoms with van der Waals surface area (Å²) in [6.07, 6.45) is 1.76. The number of aliphatic carboxylic acids is 1. The second kappa shape index (κ2) is 9.87. The van der Waals surface area contributed by atoms with Gasteiger partial charge in [-0.15, -0.1) is 0 Å². The van der Waals surface area contributed by atoms with Gasteiger partial charge in [0.1, 0.15) is 29.5 Å². The van der Waals surface area contributed by atoms with Gasteiger partial charge in [0.25, 0.3) is 0 Å². The Morgan fingerprint density at radius 1 is 1.24 bits per heavy atom. The Morgan fingerprint density at radius 2 is 1.91 bits per heavy atom. The lowest BCUT2D eigenvalue weighted by Gasteiger charge is -2.40. The highest BCUT2D eigenvalue weighted by molar-refractivity contribution is 5.89. The van der Waals surface area contributed by atoms with Crippen LogP contribution >= 0.6 is 0 Å². The lowest BCUT2D eigenvalue weighted by molar-refractivity contribution is -0.169. The van der Waals surface area contributed by atoms with Crippen LogP contribution in [0.15, 0.2) is 47.3 Å². The number of benzene rings is 1. The molecule has 184 valence electrons. The van der Waals surface area contributed by atoms with Crippen LogP contribution in [0.3, 0.4) is 0 Å². The van der Waals surface area contributed by atoms with Gasteiger partial charge in [-0.1, -0.05) is 44.2 Å². The summed E-state index contributed by atoms with van der Waals surface area (Å²) in [5, 5.41) is 10.1. The van der Waals surface area contributed by atoms with E-state index in [1.54, 1.807) is 32.9 Å².